The van der Waals surface area contributed by atoms with E-state index in [0.717, 1.165) is 12.8 Å². The average molecular weight is 331 g/mol. The van der Waals surface area contributed by atoms with Gasteiger partial charge >= 0.3 is 0 Å². The fourth-order valence-corrected chi connectivity index (χ4v) is 2.21. The lowest BCUT2D eigenvalue weighted by Crippen LogP contribution is -2.13. The first-order valence-corrected chi connectivity index (χ1v) is 7.93. The molecule has 0 unspecified atom stereocenters. The van der Waals surface area contributed by atoms with E-state index in [1.54, 1.807) is 48.5 Å². The number of nitrogens with one attached hydrogen (secondary N) is 2. The summed E-state index contributed by atoms with van der Waals surface area (Å²) >= 11 is 6.02. The average Bonchev–Trinajstić information content (AvgIpc) is 2.55. The van der Waals surface area contributed by atoms with Crippen molar-refractivity contribution in [2.45, 2.75) is 26.2 Å². The number of hydrogen-bond donors (Lipinski definition) is 2. The van der Waals surface area contributed by atoms with Gasteiger partial charge in [0, 0.05) is 17.7 Å². The second-order valence-electron chi connectivity index (χ2n) is 5.16. The van der Waals surface area contributed by atoms with Gasteiger partial charge in [0.25, 0.3) is 5.91 Å². The van der Waals surface area contributed by atoms with Crippen molar-refractivity contribution < 1.29 is 9.59 Å². The summed E-state index contributed by atoms with van der Waals surface area (Å²) in [5.41, 5.74) is 1.74. The Bertz CT molecular complexity index is 684. The quantitative estimate of drug-likeness (QED) is 0.805. The van der Waals surface area contributed by atoms with E-state index < -0.39 is 0 Å². The third-order valence-corrected chi connectivity index (χ3v) is 3.64. The van der Waals surface area contributed by atoms with Crippen LogP contribution in [0.3, 0.4) is 0 Å². The smallest absolute Gasteiger partial charge is 0.255 e. The van der Waals surface area contributed by atoms with Crippen molar-refractivity contribution in [1.82, 2.24) is 0 Å². The van der Waals surface area contributed by atoms with Crippen LogP contribution in [0.1, 0.15) is 36.5 Å². The molecule has 0 radical (unpaired) electrons. The van der Waals surface area contributed by atoms with Crippen LogP contribution in [-0.4, -0.2) is 11.8 Å². The third-order valence-electron chi connectivity index (χ3n) is 3.31. The first-order valence-electron chi connectivity index (χ1n) is 7.56. The summed E-state index contributed by atoms with van der Waals surface area (Å²) in [6.07, 6.45) is 2.35. The number of unbranched alkanes of at least 4 members (excludes halogenated alkanes) is 1. The molecule has 0 atom stereocenters. The zero-order valence-electron chi connectivity index (χ0n) is 12.9. The van der Waals surface area contributed by atoms with Crippen molar-refractivity contribution in [1.29, 1.82) is 0 Å². The molecule has 0 fully saturated rings. The summed E-state index contributed by atoms with van der Waals surface area (Å²) in [4.78, 5) is 23.8. The van der Waals surface area contributed by atoms with Gasteiger partial charge < -0.3 is 10.6 Å². The lowest BCUT2D eigenvalue weighted by Gasteiger charge is -2.08. The molecule has 4 nitrogen and oxygen atoms in total. The Kier molecular flexibility index (Phi) is 6.18. The highest BCUT2D eigenvalue weighted by atomic mass is 35.5. The second-order valence-corrected chi connectivity index (χ2v) is 5.57. The number of halogens is 1. The van der Waals surface area contributed by atoms with Crippen LogP contribution >= 0.6 is 11.6 Å². The molecule has 2 amide bonds. The monoisotopic (exact) mass is 330 g/mol. The molecule has 0 aliphatic heterocycles. The fourth-order valence-electron chi connectivity index (χ4n) is 2.02. The molecule has 2 aromatic rings. The molecule has 2 N–H and O–H groups in total. The van der Waals surface area contributed by atoms with Gasteiger partial charge in [0.2, 0.25) is 5.91 Å². The molecule has 0 aromatic heterocycles. The van der Waals surface area contributed by atoms with Crippen LogP contribution in [-0.2, 0) is 4.79 Å². The summed E-state index contributed by atoms with van der Waals surface area (Å²) in [6, 6.07) is 13.8. The maximum absolute atomic E-state index is 12.2. The van der Waals surface area contributed by atoms with Crippen molar-refractivity contribution >= 4 is 34.8 Å². The van der Waals surface area contributed by atoms with Crippen molar-refractivity contribution in [3.05, 3.63) is 59.1 Å². The van der Waals surface area contributed by atoms with E-state index in [9.17, 15) is 9.59 Å². The Morgan fingerprint density at radius 3 is 2.35 bits per heavy atom. The predicted molar refractivity (Wildman–Crippen MR) is 94.0 cm³/mol. The third kappa shape index (κ3) is 5.11. The number of hydrogen-bond acceptors (Lipinski definition) is 2. The number of amides is 2. The molecule has 0 saturated heterocycles. The lowest BCUT2D eigenvalue weighted by atomic mass is 10.1. The van der Waals surface area contributed by atoms with E-state index in [2.05, 4.69) is 10.6 Å². The van der Waals surface area contributed by atoms with Crippen molar-refractivity contribution in [2.75, 3.05) is 10.6 Å². The Hall–Kier alpha value is -2.33. The maximum Gasteiger partial charge on any atom is 0.255 e. The number of benzene rings is 2. The molecule has 0 saturated carbocycles. The molecule has 120 valence electrons. The largest absolute Gasteiger partial charge is 0.326 e. The van der Waals surface area contributed by atoms with E-state index >= 15 is 0 Å². The number of para-hydroxylation sites is 1. The number of anilines is 2. The zero-order valence-corrected chi connectivity index (χ0v) is 13.7. The number of carbonyl (C=O) groups is 2. The summed E-state index contributed by atoms with van der Waals surface area (Å²) in [5, 5.41) is 6.05. The van der Waals surface area contributed by atoms with Gasteiger partial charge in [-0.1, -0.05) is 37.1 Å². The van der Waals surface area contributed by atoms with Crippen LogP contribution < -0.4 is 10.6 Å². The van der Waals surface area contributed by atoms with Crippen molar-refractivity contribution in [3.8, 4) is 0 Å². The van der Waals surface area contributed by atoms with Crippen LogP contribution in [0.15, 0.2) is 48.5 Å². The van der Waals surface area contributed by atoms with Gasteiger partial charge in [-0.15, -0.1) is 0 Å². The minimum atomic E-state index is -0.248. The summed E-state index contributed by atoms with van der Waals surface area (Å²) in [6.45, 7) is 2.04. The summed E-state index contributed by atoms with van der Waals surface area (Å²) in [7, 11) is 0. The van der Waals surface area contributed by atoms with Gasteiger partial charge in [-0.25, -0.2) is 0 Å². The van der Waals surface area contributed by atoms with Crippen LogP contribution in [0.4, 0.5) is 11.4 Å². The number of rotatable bonds is 6. The van der Waals surface area contributed by atoms with E-state index in [0.29, 0.717) is 28.4 Å². The molecule has 0 bridgehead atoms. The molecule has 2 aromatic carbocycles. The zero-order chi connectivity index (χ0) is 16.7. The first-order chi connectivity index (χ1) is 11.1. The van der Waals surface area contributed by atoms with Crippen molar-refractivity contribution in [2.24, 2.45) is 0 Å². The fraction of sp³-hybridized carbons (Fsp3) is 0.222. The highest BCUT2D eigenvalue weighted by molar-refractivity contribution is 6.33. The van der Waals surface area contributed by atoms with Crippen molar-refractivity contribution in [3.63, 3.8) is 0 Å². The summed E-state index contributed by atoms with van der Waals surface area (Å²) < 4.78 is 0. The van der Waals surface area contributed by atoms with Gasteiger partial charge in [-0.2, -0.15) is 0 Å². The molecular formula is C18H19ClN2O2. The Balaban J connectivity index is 1.97. The second kappa shape index (κ2) is 8.34. The van der Waals surface area contributed by atoms with E-state index in [4.69, 9.17) is 11.6 Å². The maximum atomic E-state index is 12.2. The normalized spacial score (nSPS) is 10.2. The molecule has 0 heterocycles. The van der Waals surface area contributed by atoms with Gasteiger partial charge in [0.1, 0.15) is 0 Å². The van der Waals surface area contributed by atoms with Gasteiger partial charge in [-0.05, 0) is 42.8 Å². The summed E-state index contributed by atoms with van der Waals surface area (Å²) in [5.74, 6) is -0.262. The highest BCUT2D eigenvalue weighted by Crippen LogP contribution is 2.21. The number of carbonyl (C=O) groups excluding carboxylic acids is 2. The SMILES string of the molecule is CCCCC(=O)Nc1ccc(C(=O)Nc2ccccc2Cl)cc1. The molecule has 0 aliphatic carbocycles. The minimum absolute atomic E-state index is 0.0138. The predicted octanol–water partition coefficient (Wildman–Crippen LogP) is 4.72. The standard InChI is InChI=1S/C18H19ClN2O2/c1-2-3-8-17(22)20-14-11-9-13(10-12-14)18(23)21-16-7-5-4-6-15(16)19/h4-7,9-12H,2-3,8H2,1H3,(H,20,22)(H,21,23). The van der Waals surface area contributed by atoms with Gasteiger partial charge in [-0.3, -0.25) is 9.59 Å². The Labute approximate surface area is 140 Å². The highest BCUT2D eigenvalue weighted by Gasteiger charge is 2.08. The van der Waals surface area contributed by atoms with Gasteiger partial charge in [0.15, 0.2) is 0 Å². The van der Waals surface area contributed by atoms with E-state index in [1.165, 1.54) is 0 Å². The Morgan fingerprint density at radius 1 is 1.00 bits per heavy atom. The topological polar surface area (TPSA) is 58.2 Å². The molecule has 0 aliphatic rings. The van der Waals surface area contributed by atoms with Crippen LogP contribution in [0, 0.1) is 0 Å². The van der Waals surface area contributed by atoms with Crippen LogP contribution in [0.25, 0.3) is 0 Å². The van der Waals surface area contributed by atoms with Crippen LogP contribution in [0.2, 0.25) is 5.02 Å². The van der Waals surface area contributed by atoms with Crippen LogP contribution in [0.5, 0.6) is 0 Å². The van der Waals surface area contributed by atoms with E-state index in [-0.39, 0.29) is 11.8 Å². The molecule has 2 rings (SSSR count). The minimum Gasteiger partial charge on any atom is -0.326 e. The first kappa shape index (κ1) is 17.0. The van der Waals surface area contributed by atoms with Gasteiger partial charge in [0.05, 0.1) is 10.7 Å². The Morgan fingerprint density at radius 2 is 1.70 bits per heavy atom. The molecule has 0 spiro atoms. The molecular weight excluding hydrogens is 312 g/mol. The lowest BCUT2D eigenvalue weighted by molar-refractivity contribution is -0.116. The molecule has 23 heavy (non-hydrogen) atoms. The van der Waals surface area contributed by atoms with E-state index in [1.807, 2.05) is 6.92 Å². The molecule has 5 heteroatoms.